The van der Waals surface area contributed by atoms with E-state index < -0.39 is 36.9 Å². The van der Waals surface area contributed by atoms with Gasteiger partial charge in [-0.05, 0) is 12.8 Å². The maximum Gasteiger partial charge on any atom is 0.249 e. The second-order valence-corrected chi connectivity index (χ2v) is 12.9. The van der Waals surface area contributed by atoms with Crippen molar-refractivity contribution in [3.63, 3.8) is 0 Å². The maximum absolute atomic E-state index is 12.4. The number of aliphatic hydroxyl groups excluding tert-OH is 4. The number of carbonyl (C=O) groups excluding carboxylic acids is 1. The summed E-state index contributed by atoms with van der Waals surface area (Å²) in [4.78, 5) is 12.4. The highest BCUT2D eigenvalue weighted by Crippen LogP contribution is 2.16. The number of unbranched alkanes of at least 4 members (excludes halogenated alkanes) is 24. The Hall–Kier alpha value is -0.690. The molecule has 6 heteroatoms. The topological polar surface area (TPSA) is 110 Å². The molecule has 0 spiro atoms. The van der Waals surface area contributed by atoms with E-state index in [0.717, 1.165) is 38.5 Å². The third-order valence-corrected chi connectivity index (χ3v) is 8.82. The fourth-order valence-electron chi connectivity index (χ4n) is 5.81. The van der Waals surface area contributed by atoms with Crippen LogP contribution < -0.4 is 5.32 Å². The van der Waals surface area contributed by atoms with Gasteiger partial charge in [0.15, 0.2) is 0 Å². The van der Waals surface area contributed by atoms with Crippen molar-refractivity contribution in [1.29, 1.82) is 0 Å². The van der Waals surface area contributed by atoms with Gasteiger partial charge in [-0.25, -0.2) is 0 Å². The lowest BCUT2D eigenvalue weighted by Gasteiger charge is -2.27. The highest BCUT2D eigenvalue weighted by Gasteiger charge is 2.28. The second-order valence-electron chi connectivity index (χ2n) is 12.9. The minimum absolute atomic E-state index is 0.375. The van der Waals surface area contributed by atoms with Crippen LogP contribution in [0, 0.1) is 0 Å². The average molecular weight is 600 g/mol. The van der Waals surface area contributed by atoms with Crippen LogP contribution in [0.4, 0.5) is 0 Å². The minimum Gasteiger partial charge on any atom is -0.394 e. The molecule has 0 bridgehead atoms. The predicted octanol–water partition coefficient (Wildman–Crippen LogP) is 8.51. The van der Waals surface area contributed by atoms with Crippen molar-refractivity contribution in [2.45, 2.75) is 218 Å². The largest absolute Gasteiger partial charge is 0.394 e. The quantitative estimate of drug-likeness (QED) is 0.0486. The molecule has 0 aromatic heterocycles. The summed E-state index contributed by atoms with van der Waals surface area (Å²) in [5, 5.41) is 43.4. The summed E-state index contributed by atoms with van der Waals surface area (Å²) in [6.45, 7) is 4.03. The third-order valence-electron chi connectivity index (χ3n) is 8.82. The van der Waals surface area contributed by atoms with Gasteiger partial charge in [-0.2, -0.15) is 0 Å². The first-order valence-corrected chi connectivity index (χ1v) is 18.4. The van der Waals surface area contributed by atoms with Gasteiger partial charge in [-0.15, -0.1) is 0 Å². The van der Waals surface area contributed by atoms with Gasteiger partial charge in [0.25, 0.3) is 0 Å². The molecule has 0 saturated carbocycles. The smallest absolute Gasteiger partial charge is 0.249 e. The number of nitrogens with one attached hydrogen (secondary N) is 1. The monoisotopic (exact) mass is 600 g/mol. The van der Waals surface area contributed by atoms with Crippen molar-refractivity contribution in [2.24, 2.45) is 0 Å². The van der Waals surface area contributed by atoms with Crippen molar-refractivity contribution in [3.8, 4) is 0 Å². The molecular formula is C36H73NO5. The number of rotatable bonds is 33. The van der Waals surface area contributed by atoms with Gasteiger partial charge < -0.3 is 25.7 Å². The standard InChI is InChI=1S/C36H73NO5/c1-3-5-7-9-11-13-15-17-18-20-22-24-26-28-30-34(40)36(42)37-32(31-38)35(41)33(39)29-27-25-23-21-19-16-14-12-10-8-6-4-2/h32-35,38-41H,3-31H2,1-2H3,(H,37,42)/t32-,33?,34?,35+/m1/s1. The first kappa shape index (κ1) is 41.3. The molecule has 4 atom stereocenters. The molecular weight excluding hydrogens is 526 g/mol. The fourth-order valence-corrected chi connectivity index (χ4v) is 5.81. The Labute approximate surface area is 260 Å². The molecule has 0 aromatic rings. The first-order valence-electron chi connectivity index (χ1n) is 18.4. The van der Waals surface area contributed by atoms with E-state index in [0.29, 0.717) is 12.8 Å². The van der Waals surface area contributed by atoms with Crippen molar-refractivity contribution < 1.29 is 25.2 Å². The summed E-state index contributed by atoms with van der Waals surface area (Å²) < 4.78 is 0. The van der Waals surface area contributed by atoms with Gasteiger partial charge in [0.05, 0.1) is 18.8 Å². The van der Waals surface area contributed by atoms with Crippen molar-refractivity contribution in [3.05, 3.63) is 0 Å². The summed E-state index contributed by atoms with van der Waals surface area (Å²) >= 11 is 0. The molecule has 0 radical (unpaired) electrons. The van der Waals surface area contributed by atoms with Crippen LogP contribution in [0.25, 0.3) is 0 Å². The van der Waals surface area contributed by atoms with Crippen LogP contribution in [0.2, 0.25) is 0 Å². The Morgan fingerprint density at radius 3 is 1.14 bits per heavy atom. The third kappa shape index (κ3) is 25.8. The second kappa shape index (κ2) is 31.7. The zero-order valence-electron chi connectivity index (χ0n) is 28.0. The average Bonchev–Trinajstić information content (AvgIpc) is 2.99. The summed E-state index contributed by atoms with van der Waals surface area (Å²) in [7, 11) is 0. The zero-order valence-corrected chi connectivity index (χ0v) is 28.0. The number of hydrogen-bond acceptors (Lipinski definition) is 5. The molecule has 2 unspecified atom stereocenters. The molecule has 0 rings (SSSR count). The van der Waals surface area contributed by atoms with Crippen LogP contribution in [0.15, 0.2) is 0 Å². The molecule has 5 N–H and O–H groups in total. The molecule has 0 aliphatic heterocycles. The van der Waals surface area contributed by atoms with E-state index in [1.807, 2.05) is 0 Å². The molecule has 252 valence electrons. The summed E-state index contributed by atoms with van der Waals surface area (Å²) in [6.07, 6.45) is 29.7. The minimum atomic E-state index is -1.25. The lowest BCUT2D eigenvalue weighted by Crippen LogP contribution is -2.53. The fraction of sp³-hybridized carbons (Fsp3) is 0.972. The highest BCUT2D eigenvalue weighted by molar-refractivity contribution is 5.80. The molecule has 0 heterocycles. The predicted molar refractivity (Wildman–Crippen MR) is 178 cm³/mol. The van der Waals surface area contributed by atoms with E-state index in [1.165, 1.54) is 128 Å². The number of carbonyl (C=O) groups is 1. The van der Waals surface area contributed by atoms with Gasteiger partial charge in [0.1, 0.15) is 12.2 Å². The summed E-state index contributed by atoms with van der Waals surface area (Å²) in [5.74, 6) is -0.583. The highest BCUT2D eigenvalue weighted by atomic mass is 16.3. The van der Waals surface area contributed by atoms with E-state index in [9.17, 15) is 25.2 Å². The van der Waals surface area contributed by atoms with Gasteiger partial charge in [0, 0.05) is 0 Å². The van der Waals surface area contributed by atoms with Gasteiger partial charge in [0.2, 0.25) is 5.91 Å². The summed E-state index contributed by atoms with van der Waals surface area (Å²) in [6, 6.07) is -0.976. The molecule has 42 heavy (non-hydrogen) atoms. The zero-order chi connectivity index (χ0) is 31.1. The van der Waals surface area contributed by atoms with Crippen LogP contribution in [0.5, 0.6) is 0 Å². The van der Waals surface area contributed by atoms with E-state index >= 15 is 0 Å². The van der Waals surface area contributed by atoms with Crippen LogP contribution in [0.3, 0.4) is 0 Å². The van der Waals surface area contributed by atoms with E-state index in [4.69, 9.17) is 0 Å². The molecule has 0 fully saturated rings. The van der Waals surface area contributed by atoms with Crippen molar-refractivity contribution in [2.75, 3.05) is 6.61 Å². The Balaban J connectivity index is 3.80. The normalized spacial score (nSPS) is 14.5. The van der Waals surface area contributed by atoms with Crippen molar-refractivity contribution in [1.82, 2.24) is 5.32 Å². The molecule has 0 saturated heterocycles. The lowest BCUT2D eigenvalue weighted by atomic mass is 9.99. The molecule has 0 aliphatic rings. The van der Waals surface area contributed by atoms with Crippen molar-refractivity contribution >= 4 is 5.91 Å². The maximum atomic E-state index is 12.4. The molecule has 1 amide bonds. The van der Waals surface area contributed by atoms with E-state index in [-0.39, 0.29) is 0 Å². The number of amides is 1. The first-order chi connectivity index (χ1) is 20.5. The molecule has 0 aromatic carbocycles. The Bertz CT molecular complexity index is 561. The molecule has 0 aliphatic carbocycles. The van der Waals surface area contributed by atoms with Crippen LogP contribution in [-0.4, -0.2) is 57.3 Å². The Morgan fingerprint density at radius 2 is 0.810 bits per heavy atom. The van der Waals surface area contributed by atoms with Gasteiger partial charge in [-0.3, -0.25) is 4.79 Å². The molecule has 6 nitrogen and oxygen atoms in total. The summed E-state index contributed by atoms with van der Waals surface area (Å²) in [5.41, 5.74) is 0. The number of hydrogen-bond donors (Lipinski definition) is 5. The van der Waals surface area contributed by atoms with Gasteiger partial charge >= 0.3 is 0 Å². The number of aliphatic hydroxyl groups is 4. The van der Waals surface area contributed by atoms with E-state index in [1.54, 1.807) is 0 Å². The van der Waals surface area contributed by atoms with Crippen LogP contribution >= 0.6 is 0 Å². The SMILES string of the molecule is CCCCCCCCCCCCCCCCC(O)C(=O)N[C@H](CO)[C@H](O)C(O)CCCCCCCCCCCCCC. The Kier molecular flexibility index (Phi) is 31.2. The lowest BCUT2D eigenvalue weighted by molar-refractivity contribution is -0.132. The van der Waals surface area contributed by atoms with Gasteiger partial charge in [-0.1, -0.05) is 181 Å². The van der Waals surface area contributed by atoms with E-state index in [2.05, 4.69) is 19.2 Å². The van der Waals surface area contributed by atoms with Crippen LogP contribution in [0.1, 0.15) is 194 Å². The Morgan fingerprint density at radius 1 is 0.500 bits per heavy atom. The van der Waals surface area contributed by atoms with Crippen LogP contribution in [-0.2, 0) is 4.79 Å².